The lowest BCUT2D eigenvalue weighted by molar-refractivity contribution is 0.0579. The first-order chi connectivity index (χ1) is 10.9. The van der Waals surface area contributed by atoms with Gasteiger partial charge in [0.2, 0.25) is 0 Å². The van der Waals surface area contributed by atoms with Crippen LogP contribution in [0.15, 0.2) is 24.3 Å². The number of aromatic nitrogens is 3. The number of carbonyl (C=O) groups excluding carboxylic acids is 1. The molecular formula is C17H24N4O2. The lowest BCUT2D eigenvalue weighted by Crippen LogP contribution is -2.41. The van der Waals surface area contributed by atoms with Crippen LogP contribution in [0.5, 0.6) is 0 Å². The molecule has 1 heterocycles. The number of amides is 1. The van der Waals surface area contributed by atoms with E-state index in [9.17, 15) is 9.90 Å². The number of aliphatic hydroxyl groups excluding tert-OH is 1. The molecule has 1 unspecified atom stereocenters. The van der Waals surface area contributed by atoms with Crippen molar-refractivity contribution < 1.29 is 9.90 Å². The molecule has 0 spiro atoms. The van der Waals surface area contributed by atoms with Crippen LogP contribution in [0.2, 0.25) is 0 Å². The Kier molecular flexibility index (Phi) is 5.50. The molecule has 1 aromatic carbocycles. The molecule has 2 N–H and O–H groups in total. The molecule has 0 aliphatic heterocycles. The Hall–Kier alpha value is -2.21. The van der Waals surface area contributed by atoms with E-state index >= 15 is 0 Å². The maximum absolute atomic E-state index is 12.6. The molecule has 124 valence electrons. The summed E-state index contributed by atoms with van der Waals surface area (Å²) in [6, 6.07) is 7.26. The summed E-state index contributed by atoms with van der Waals surface area (Å²) in [5, 5.41) is 16.6. The van der Waals surface area contributed by atoms with Crippen molar-refractivity contribution in [3.05, 3.63) is 35.7 Å². The van der Waals surface area contributed by atoms with E-state index in [1.165, 1.54) is 0 Å². The number of aliphatic hydroxyl groups is 1. The van der Waals surface area contributed by atoms with Gasteiger partial charge in [0, 0.05) is 30.1 Å². The molecule has 1 aromatic heterocycles. The van der Waals surface area contributed by atoms with Crippen molar-refractivity contribution in [2.45, 2.75) is 46.3 Å². The number of H-pyrrole nitrogens is 1. The highest BCUT2D eigenvalue weighted by molar-refractivity contribution is 5.94. The number of benzene rings is 1. The Morgan fingerprint density at radius 2 is 1.91 bits per heavy atom. The molecule has 6 heteroatoms. The van der Waals surface area contributed by atoms with Gasteiger partial charge in [-0.3, -0.25) is 9.89 Å². The van der Waals surface area contributed by atoms with Gasteiger partial charge >= 0.3 is 0 Å². The van der Waals surface area contributed by atoms with Crippen molar-refractivity contribution in [2.24, 2.45) is 0 Å². The molecule has 0 saturated carbocycles. The third-order valence-corrected chi connectivity index (χ3v) is 3.60. The van der Waals surface area contributed by atoms with E-state index in [2.05, 4.69) is 15.2 Å². The lowest BCUT2D eigenvalue weighted by Gasteiger charge is -2.28. The molecule has 6 nitrogen and oxygen atoms in total. The zero-order valence-corrected chi connectivity index (χ0v) is 14.1. The van der Waals surface area contributed by atoms with Crippen molar-refractivity contribution >= 4 is 5.91 Å². The van der Waals surface area contributed by atoms with E-state index < -0.39 is 6.10 Å². The summed E-state index contributed by atoms with van der Waals surface area (Å²) in [6.07, 6.45) is 0.244. The van der Waals surface area contributed by atoms with Gasteiger partial charge in [0.25, 0.3) is 5.91 Å². The first kappa shape index (κ1) is 17.1. The van der Waals surface area contributed by atoms with Gasteiger partial charge in [-0.1, -0.05) is 19.1 Å². The highest BCUT2D eigenvalue weighted by Crippen LogP contribution is 2.17. The minimum atomic E-state index is -0.554. The summed E-state index contributed by atoms with van der Waals surface area (Å²) >= 11 is 0. The predicted molar refractivity (Wildman–Crippen MR) is 89.1 cm³/mol. The number of hydrogen-bond donors (Lipinski definition) is 2. The third-order valence-electron chi connectivity index (χ3n) is 3.60. The zero-order chi connectivity index (χ0) is 17.0. The maximum atomic E-state index is 12.6. The number of rotatable bonds is 6. The van der Waals surface area contributed by atoms with Gasteiger partial charge in [-0.15, -0.1) is 0 Å². The van der Waals surface area contributed by atoms with Crippen LogP contribution in [0.3, 0.4) is 0 Å². The molecule has 1 amide bonds. The van der Waals surface area contributed by atoms with Gasteiger partial charge in [-0.2, -0.15) is 5.10 Å². The fraction of sp³-hybridized carbons (Fsp3) is 0.471. The van der Waals surface area contributed by atoms with Crippen LogP contribution in [-0.2, 0) is 6.42 Å². The number of aryl methyl sites for hydroxylation is 1. The van der Waals surface area contributed by atoms with Crippen LogP contribution in [-0.4, -0.2) is 49.8 Å². The molecule has 0 fully saturated rings. The Labute approximate surface area is 136 Å². The number of nitrogens with zero attached hydrogens (tertiary/aromatic N) is 3. The van der Waals surface area contributed by atoms with Crippen LogP contribution in [0, 0.1) is 0 Å². The van der Waals surface area contributed by atoms with Crippen LogP contribution >= 0.6 is 0 Å². The summed E-state index contributed by atoms with van der Waals surface area (Å²) < 4.78 is 0. The highest BCUT2D eigenvalue weighted by atomic mass is 16.3. The van der Waals surface area contributed by atoms with E-state index in [1.807, 2.05) is 32.9 Å². The Bertz CT molecular complexity index is 647. The summed E-state index contributed by atoms with van der Waals surface area (Å²) in [5.74, 6) is 1.38. The average Bonchev–Trinajstić information content (AvgIpc) is 3.01. The van der Waals surface area contributed by atoms with Gasteiger partial charge in [0.15, 0.2) is 5.82 Å². The van der Waals surface area contributed by atoms with Gasteiger partial charge in [-0.05, 0) is 32.9 Å². The fourth-order valence-corrected chi connectivity index (χ4v) is 2.32. The van der Waals surface area contributed by atoms with E-state index in [1.54, 1.807) is 24.0 Å². The van der Waals surface area contributed by atoms with Crippen LogP contribution in [0.4, 0.5) is 0 Å². The maximum Gasteiger partial charge on any atom is 0.254 e. The first-order valence-corrected chi connectivity index (χ1v) is 7.93. The van der Waals surface area contributed by atoms with Gasteiger partial charge < -0.3 is 10.0 Å². The summed E-state index contributed by atoms with van der Waals surface area (Å²) in [6.45, 7) is 7.89. The minimum absolute atomic E-state index is 0.0249. The average molecular weight is 316 g/mol. The summed E-state index contributed by atoms with van der Waals surface area (Å²) in [4.78, 5) is 18.6. The first-order valence-electron chi connectivity index (χ1n) is 7.93. The van der Waals surface area contributed by atoms with Crippen LogP contribution in [0.1, 0.15) is 43.9 Å². The largest absolute Gasteiger partial charge is 0.392 e. The molecular weight excluding hydrogens is 292 g/mol. The smallest absolute Gasteiger partial charge is 0.254 e. The molecule has 0 saturated heterocycles. The zero-order valence-electron chi connectivity index (χ0n) is 14.1. The number of aromatic amines is 1. The lowest BCUT2D eigenvalue weighted by atomic mass is 10.1. The van der Waals surface area contributed by atoms with Crippen LogP contribution < -0.4 is 0 Å². The summed E-state index contributed by atoms with van der Waals surface area (Å²) in [7, 11) is 0. The molecule has 0 aliphatic rings. The topological polar surface area (TPSA) is 82.1 Å². The summed E-state index contributed by atoms with van der Waals surface area (Å²) in [5.41, 5.74) is 1.46. The molecule has 1 atom stereocenters. The van der Waals surface area contributed by atoms with Crippen molar-refractivity contribution in [1.29, 1.82) is 0 Å². The van der Waals surface area contributed by atoms with Gasteiger partial charge in [-0.25, -0.2) is 4.98 Å². The number of carbonyl (C=O) groups is 1. The second-order valence-corrected chi connectivity index (χ2v) is 5.94. The molecule has 0 bridgehead atoms. The van der Waals surface area contributed by atoms with E-state index in [0.717, 1.165) is 17.8 Å². The SMILES string of the molecule is CCc1nc(-c2ccc(C(=O)N(CC(C)O)C(C)C)cc2)n[nH]1. The van der Waals surface area contributed by atoms with E-state index in [0.29, 0.717) is 17.9 Å². The van der Waals surface area contributed by atoms with E-state index in [-0.39, 0.29) is 11.9 Å². The third kappa shape index (κ3) is 4.16. The van der Waals surface area contributed by atoms with Gasteiger partial charge in [0.1, 0.15) is 5.82 Å². The Morgan fingerprint density at radius 3 is 2.39 bits per heavy atom. The quantitative estimate of drug-likeness (QED) is 0.856. The molecule has 2 aromatic rings. The standard InChI is InChI=1S/C17H24N4O2/c1-5-15-18-16(20-19-15)13-6-8-14(9-7-13)17(23)21(11(2)3)10-12(4)22/h6-9,11-12,22H,5,10H2,1-4H3,(H,18,19,20). The number of nitrogens with one attached hydrogen (secondary N) is 1. The van der Waals surface area contributed by atoms with Crippen molar-refractivity contribution in [1.82, 2.24) is 20.1 Å². The molecule has 2 rings (SSSR count). The molecule has 0 aliphatic carbocycles. The fourth-order valence-electron chi connectivity index (χ4n) is 2.32. The molecule has 0 radical (unpaired) electrons. The Morgan fingerprint density at radius 1 is 1.26 bits per heavy atom. The normalized spacial score (nSPS) is 12.4. The highest BCUT2D eigenvalue weighted by Gasteiger charge is 2.20. The molecule has 23 heavy (non-hydrogen) atoms. The van der Waals surface area contributed by atoms with E-state index in [4.69, 9.17) is 0 Å². The van der Waals surface area contributed by atoms with Crippen molar-refractivity contribution in [3.8, 4) is 11.4 Å². The predicted octanol–water partition coefficient (Wildman–Crippen LogP) is 2.27. The van der Waals surface area contributed by atoms with Crippen LogP contribution in [0.25, 0.3) is 11.4 Å². The monoisotopic (exact) mass is 316 g/mol. The second-order valence-electron chi connectivity index (χ2n) is 5.94. The van der Waals surface area contributed by atoms with Crippen molar-refractivity contribution in [2.75, 3.05) is 6.54 Å². The van der Waals surface area contributed by atoms with Gasteiger partial charge in [0.05, 0.1) is 6.10 Å². The second kappa shape index (κ2) is 7.37. The Balaban J connectivity index is 2.19. The minimum Gasteiger partial charge on any atom is -0.392 e. The number of hydrogen-bond acceptors (Lipinski definition) is 4. The van der Waals surface area contributed by atoms with Crippen molar-refractivity contribution in [3.63, 3.8) is 0 Å².